The van der Waals surface area contributed by atoms with Crippen LogP contribution in [0.15, 0.2) is 12.7 Å². The van der Waals surface area contributed by atoms with Gasteiger partial charge in [-0.25, -0.2) is 28.4 Å². The second kappa shape index (κ2) is 8.56. The number of nitrogen functional groups attached to an aromatic ring is 1. The van der Waals surface area contributed by atoms with Gasteiger partial charge >= 0.3 is 22.4 Å². The Labute approximate surface area is 172 Å². The fraction of sp³-hybridized carbons (Fsp3) is 0.500. The van der Waals surface area contributed by atoms with Gasteiger partial charge in [0.1, 0.15) is 24.2 Å². The largest absolute Gasteiger partial charge is 0.488 e. The fourth-order valence-electron chi connectivity index (χ4n) is 2.59. The van der Waals surface area contributed by atoms with E-state index in [4.69, 9.17) is 24.8 Å². The first kappa shape index (κ1) is 23.8. The third-order valence-electron chi connectivity index (χ3n) is 3.72. The molecule has 2 aromatic heterocycles. The zero-order valence-corrected chi connectivity index (χ0v) is 18.1. The molecule has 30 heavy (non-hydrogen) atoms. The maximum Gasteiger partial charge on any atom is 0.488 e. The summed E-state index contributed by atoms with van der Waals surface area (Å²) in [4.78, 5) is 48.2. The van der Waals surface area contributed by atoms with E-state index in [1.807, 2.05) is 0 Å². The lowest BCUT2D eigenvalue weighted by Crippen LogP contribution is -2.26. The molecule has 3 rings (SSSR count). The van der Waals surface area contributed by atoms with E-state index in [0.717, 1.165) is 0 Å². The minimum Gasteiger partial charge on any atom is -0.390 e. The number of phosphoric acid groups is 2. The third-order valence-corrected chi connectivity index (χ3v) is 8.44. The molecule has 2 unspecified atom stereocenters. The summed E-state index contributed by atoms with van der Waals surface area (Å²) in [5.74, 6) is 0.154. The molecule has 1 aliphatic rings. The highest BCUT2D eigenvalue weighted by atomic mass is 35.3. The van der Waals surface area contributed by atoms with Crippen molar-refractivity contribution in [1.82, 2.24) is 19.5 Å². The van der Waals surface area contributed by atoms with Gasteiger partial charge in [0.15, 0.2) is 11.5 Å². The molecule has 0 spiro atoms. The number of ether oxygens (including phenoxy) is 1. The molecule has 0 aromatic carbocycles. The van der Waals surface area contributed by atoms with Crippen molar-refractivity contribution in [2.75, 3.05) is 12.3 Å². The molecule has 20 heteroatoms. The van der Waals surface area contributed by atoms with Gasteiger partial charge < -0.3 is 39.7 Å². The van der Waals surface area contributed by atoms with Crippen LogP contribution < -0.4 is 5.73 Å². The van der Waals surface area contributed by atoms with Crippen LogP contribution in [0.4, 0.5) is 5.82 Å². The zero-order chi connectivity index (χ0) is 22.3. The van der Waals surface area contributed by atoms with E-state index in [1.165, 1.54) is 17.2 Å². The highest BCUT2D eigenvalue weighted by Crippen LogP contribution is 2.66. The summed E-state index contributed by atoms with van der Waals surface area (Å²) in [6.07, 6.45) is -0.213. The van der Waals surface area contributed by atoms with Crippen molar-refractivity contribution in [3.63, 3.8) is 0 Å². The average molecular weight is 511 g/mol. The SMILES string of the molecule is Nc1ncnc2c1ncn2[C@H]1C[C@H](O)[C@@H](CO[35P](O)(=S)OP(=O)(O)OP(=O)(O)O)O1. The van der Waals surface area contributed by atoms with Crippen LogP contribution >= 0.6 is 22.4 Å². The number of aromatic nitrogens is 4. The van der Waals surface area contributed by atoms with E-state index < -0.39 is 47.4 Å². The van der Waals surface area contributed by atoms with E-state index in [2.05, 4.69) is 35.4 Å². The van der Waals surface area contributed by atoms with Gasteiger partial charge in [-0.1, -0.05) is 0 Å². The standard InChI is InChI=1S/C10H16N5O11P3S/c11-9-8-10(13-3-12-9)15(4-14-8)7-1-5(16)6(24-7)2-23-29(22,30)26-28(20,21)25-27(17,18)19/h3-7,16H,1-2H2,(H,20,21)(H,22,30)(H2,11,12,13)(H2,17,18,19)/t5-,6+,7+,29?/m0/s1/i29+4. The number of rotatable bonds is 8. The van der Waals surface area contributed by atoms with E-state index in [-0.39, 0.29) is 12.2 Å². The van der Waals surface area contributed by atoms with Gasteiger partial charge in [-0.2, -0.15) is 4.31 Å². The smallest absolute Gasteiger partial charge is 0.390 e. The number of hydrogen-bond acceptors (Lipinski definition) is 12. The Kier molecular flexibility index (Phi) is 6.78. The summed E-state index contributed by atoms with van der Waals surface area (Å²) in [6, 6.07) is 0. The lowest BCUT2D eigenvalue weighted by atomic mass is 10.2. The molecule has 1 aliphatic heterocycles. The van der Waals surface area contributed by atoms with Crippen LogP contribution in [0.2, 0.25) is 0 Å². The average Bonchev–Trinajstić information content (AvgIpc) is 3.14. The normalized spacial score (nSPS) is 26.5. The fourth-order valence-corrected chi connectivity index (χ4v) is 6.56. The molecule has 7 N–H and O–H groups in total. The Bertz CT molecular complexity index is 1080. The summed E-state index contributed by atoms with van der Waals surface area (Å²) < 4.78 is 41.8. The first-order valence-corrected chi connectivity index (χ1v) is 13.4. The third kappa shape index (κ3) is 5.87. The molecule has 0 radical (unpaired) electrons. The second-order valence-corrected chi connectivity index (χ2v) is 11.7. The van der Waals surface area contributed by atoms with E-state index in [1.54, 1.807) is 0 Å². The van der Waals surface area contributed by atoms with Gasteiger partial charge in [0.25, 0.3) is 0 Å². The molecular formula is C10H16N5O11P3S. The van der Waals surface area contributed by atoms with Crippen LogP contribution in [0, 0.1) is 0 Å². The molecule has 0 amide bonds. The van der Waals surface area contributed by atoms with Crippen LogP contribution in [0.3, 0.4) is 0 Å². The van der Waals surface area contributed by atoms with Crippen molar-refractivity contribution in [1.29, 1.82) is 0 Å². The second-order valence-electron chi connectivity index (χ2n) is 5.90. The van der Waals surface area contributed by atoms with E-state index >= 15 is 0 Å². The first-order valence-electron chi connectivity index (χ1n) is 7.81. The predicted octanol–water partition coefficient (Wildman–Crippen LogP) is -0.483. The molecule has 168 valence electrons. The lowest BCUT2D eigenvalue weighted by molar-refractivity contribution is -0.0399. The van der Waals surface area contributed by atoms with Crippen LogP contribution in [0.5, 0.6) is 0 Å². The monoisotopic (exact) mass is 511 g/mol. The van der Waals surface area contributed by atoms with Gasteiger partial charge in [0.05, 0.1) is 19.0 Å². The Hall–Kier alpha value is -0.900. The van der Waals surface area contributed by atoms with Crippen molar-refractivity contribution in [2.24, 2.45) is 0 Å². The van der Waals surface area contributed by atoms with Crippen molar-refractivity contribution < 1.29 is 51.7 Å². The maximum absolute atomic E-state index is 11.5. The Morgan fingerprint density at radius 1 is 1.33 bits per heavy atom. The minimum atomic E-state index is -5.43. The molecular weight excluding hydrogens is 495 g/mol. The van der Waals surface area contributed by atoms with Gasteiger partial charge in [-0.15, -0.1) is 0 Å². The number of aliphatic hydroxyl groups excluding tert-OH is 1. The highest BCUT2D eigenvalue weighted by Gasteiger charge is 2.41. The molecule has 0 bridgehead atoms. The van der Waals surface area contributed by atoms with Gasteiger partial charge in [0, 0.05) is 6.42 Å². The van der Waals surface area contributed by atoms with Gasteiger partial charge in [0.2, 0.25) is 0 Å². The summed E-state index contributed by atoms with van der Waals surface area (Å²) >= 11 is 4.51. The molecule has 0 saturated carbocycles. The number of nitrogens with two attached hydrogens (primary N) is 1. The van der Waals surface area contributed by atoms with Crippen LogP contribution in [-0.4, -0.2) is 63.0 Å². The molecule has 5 atom stereocenters. The molecule has 16 nitrogen and oxygen atoms in total. The number of aliphatic hydroxyl groups is 1. The number of nitrogens with zero attached hydrogens (tertiary/aromatic N) is 4. The lowest BCUT2D eigenvalue weighted by Gasteiger charge is -2.21. The number of hydrogen-bond donors (Lipinski definition) is 6. The number of anilines is 1. The van der Waals surface area contributed by atoms with Crippen LogP contribution in [0.1, 0.15) is 12.6 Å². The number of fused-ring (bicyclic) bond motifs is 1. The summed E-state index contributed by atoms with van der Waals surface area (Å²) in [5, 5.41) is 10.2. The molecule has 2 aromatic rings. The maximum atomic E-state index is 11.5. The van der Waals surface area contributed by atoms with Crippen molar-refractivity contribution in [3.05, 3.63) is 12.7 Å². The Morgan fingerprint density at radius 2 is 2.03 bits per heavy atom. The van der Waals surface area contributed by atoms with Crippen molar-refractivity contribution >= 4 is 51.2 Å². The summed E-state index contributed by atoms with van der Waals surface area (Å²) in [7, 11) is -10.8. The molecule has 1 saturated heterocycles. The molecule has 0 aliphatic carbocycles. The van der Waals surface area contributed by atoms with Gasteiger partial charge in [-0.3, -0.25) is 4.57 Å². The summed E-state index contributed by atoms with van der Waals surface area (Å²) in [5.41, 5.74) is 6.40. The van der Waals surface area contributed by atoms with Gasteiger partial charge in [-0.05, 0) is 11.8 Å². The topological polar surface area (TPSA) is 242 Å². The van der Waals surface area contributed by atoms with Crippen molar-refractivity contribution in [2.45, 2.75) is 24.9 Å². The highest BCUT2D eigenvalue weighted by molar-refractivity contribution is 8.08. The first-order chi connectivity index (χ1) is 13.8. The molecule has 1 fully saturated rings. The van der Waals surface area contributed by atoms with E-state index in [0.29, 0.717) is 11.2 Å². The predicted molar refractivity (Wildman–Crippen MR) is 101 cm³/mol. The number of imidazole rings is 1. The molecule has 3 heterocycles. The quantitative estimate of drug-likeness (QED) is 0.245. The van der Waals surface area contributed by atoms with Crippen LogP contribution in [-0.2, 0) is 38.8 Å². The Balaban J connectivity index is 1.64. The zero-order valence-electron chi connectivity index (χ0n) is 14.6. The minimum absolute atomic E-state index is 0.0678. The van der Waals surface area contributed by atoms with Crippen molar-refractivity contribution in [3.8, 4) is 0 Å². The summed E-state index contributed by atoms with van der Waals surface area (Å²) in [6.45, 7) is -5.08. The van der Waals surface area contributed by atoms with Crippen LogP contribution in [0.25, 0.3) is 11.2 Å². The Morgan fingerprint density at radius 3 is 2.70 bits per heavy atom. The van der Waals surface area contributed by atoms with E-state index in [9.17, 15) is 24.0 Å².